The number of rotatable bonds is 2. The SMILES string of the molecule is C=C(C(=O)[O-])C(=O)[O-]. The van der Waals surface area contributed by atoms with Crippen LogP contribution in [0, 0.1) is 0 Å². The third kappa shape index (κ3) is 1.42. The fourth-order valence-electron chi connectivity index (χ4n) is 0.0833. The molecule has 0 aliphatic heterocycles. The minimum absolute atomic E-state index is 1.04. The zero-order valence-corrected chi connectivity index (χ0v) is 3.84. The summed E-state index contributed by atoms with van der Waals surface area (Å²) in [7, 11) is 0. The van der Waals surface area contributed by atoms with Crippen molar-refractivity contribution >= 4 is 11.9 Å². The van der Waals surface area contributed by atoms with Crippen LogP contribution in [-0.2, 0) is 9.59 Å². The molecule has 0 rings (SSSR count). The molecule has 0 fully saturated rings. The van der Waals surface area contributed by atoms with E-state index in [1.807, 2.05) is 0 Å². The van der Waals surface area contributed by atoms with Gasteiger partial charge < -0.3 is 19.8 Å². The Morgan fingerprint density at radius 2 is 1.38 bits per heavy atom. The standard InChI is InChI=1S/C4H4O4/c1-2(3(5)6)4(7)8/h1H2,(H,5,6)(H,7,8)/p-2. The van der Waals surface area contributed by atoms with Crippen molar-refractivity contribution < 1.29 is 19.8 Å². The molecule has 44 valence electrons. The molecule has 4 heteroatoms. The average molecular weight is 114 g/mol. The molecule has 0 aliphatic carbocycles. The molecule has 0 aromatic carbocycles. The van der Waals surface area contributed by atoms with Gasteiger partial charge in [-0.05, 0) is 0 Å². The first-order valence-electron chi connectivity index (χ1n) is 1.67. The summed E-state index contributed by atoms with van der Waals surface area (Å²) in [5, 5.41) is 19.0. The lowest BCUT2D eigenvalue weighted by Gasteiger charge is -2.04. The van der Waals surface area contributed by atoms with Crippen LogP contribution < -0.4 is 10.2 Å². The van der Waals surface area contributed by atoms with E-state index < -0.39 is 17.5 Å². The van der Waals surface area contributed by atoms with Gasteiger partial charge in [-0.1, -0.05) is 6.58 Å². The Bertz CT molecular complexity index is 130. The maximum atomic E-state index is 9.51. The number of hydrogen-bond donors (Lipinski definition) is 0. The number of carboxylic acids is 2. The van der Waals surface area contributed by atoms with Crippen LogP contribution in [0.4, 0.5) is 0 Å². The molecule has 0 bridgehead atoms. The molecule has 0 spiro atoms. The maximum absolute atomic E-state index is 9.51. The molecule has 0 aromatic rings. The van der Waals surface area contributed by atoms with Crippen molar-refractivity contribution in [3.8, 4) is 0 Å². The Labute approximate surface area is 45.1 Å². The van der Waals surface area contributed by atoms with Crippen LogP contribution in [0.15, 0.2) is 12.2 Å². The van der Waals surface area contributed by atoms with Crippen molar-refractivity contribution in [3.05, 3.63) is 12.2 Å². The molecule has 0 radical (unpaired) electrons. The molecule has 8 heavy (non-hydrogen) atoms. The van der Waals surface area contributed by atoms with Crippen molar-refractivity contribution in [2.24, 2.45) is 0 Å². The highest BCUT2D eigenvalue weighted by atomic mass is 16.4. The van der Waals surface area contributed by atoms with E-state index in [-0.39, 0.29) is 0 Å². The lowest BCUT2D eigenvalue weighted by atomic mass is 10.3. The van der Waals surface area contributed by atoms with Crippen LogP contribution >= 0.6 is 0 Å². The van der Waals surface area contributed by atoms with Crippen LogP contribution in [0.2, 0.25) is 0 Å². The van der Waals surface area contributed by atoms with Gasteiger partial charge in [-0.3, -0.25) is 0 Å². The van der Waals surface area contributed by atoms with Gasteiger partial charge in [0.2, 0.25) is 0 Å². The van der Waals surface area contributed by atoms with Gasteiger partial charge >= 0.3 is 0 Å². The van der Waals surface area contributed by atoms with Crippen molar-refractivity contribution in [2.75, 3.05) is 0 Å². The summed E-state index contributed by atoms with van der Waals surface area (Å²) >= 11 is 0. The topological polar surface area (TPSA) is 80.3 Å². The summed E-state index contributed by atoms with van der Waals surface area (Å²) < 4.78 is 0. The summed E-state index contributed by atoms with van der Waals surface area (Å²) in [4.78, 5) is 19.0. The Morgan fingerprint density at radius 3 is 1.38 bits per heavy atom. The number of carboxylic acid groups (broad SMARTS) is 2. The molecule has 0 unspecified atom stereocenters. The molecule has 0 saturated carbocycles. The molecule has 0 amide bonds. The third-order valence-electron chi connectivity index (χ3n) is 0.493. The first kappa shape index (κ1) is 6.68. The average Bonchev–Trinajstić information content (AvgIpc) is 1.64. The lowest BCUT2D eigenvalue weighted by Crippen LogP contribution is -2.35. The molecule has 0 atom stereocenters. The molecule has 0 heterocycles. The molecule has 0 aliphatic rings. The minimum atomic E-state index is -1.81. The smallest absolute Gasteiger partial charge is 0.0727 e. The Hall–Kier alpha value is -1.32. The number of carbonyl (C=O) groups is 2. The van der Waals surface area contributed by atoms with Crippen LogP contribution in [0.5, 0.6) is 0 Å². The molecular formula is C4H2O4-2. The molecular weight excluding hydrogens is 112 g/mol. The summed E-state index contributed by atoms with van der Waals surface area (Å²) in [6, 6.07) is 0. The summed E-state index contributed by atoms with van der Waals surface area (Å²) in [6.07, 6.45) is 0. The van der Waals surface area contributed by atoms with Crippen molar-refractivity contribution in [3.63, 3.8) is 0 Å². The van der Waals surface area contributed by atoms with Gasteiger partial charge in [-0.25, -0.2) is 0 Å². The van der Waals surface area contributed by atoms with Crippen LogP contribution in [-0.4, -0.2) is 11.9 Å². The van der Waals surface area contributed by atoms with E-state index in [0.717, 1.165) is 0 Å². The zero-order chi connectivity index (χ0) is 6.73. The Kier molecular flexibility index (Phi) is 1.76. The van der Waals surface area contributed by atoms with E-state index in [1.165, 1.54) is 0 Å². The third-order valence-corrected chi connectivity index (χ3v) is 0.493. The first-order chi connectivity index (χ1) is 3.55. The fourth-order valence-corrected chi connectivity index (χ4v) is 0.0833. The second-order valence-electron chi connectivity index (χ2n) is 1.05. The van der Waals surface area contributed by atoms with Gasteiger partial charge in [0.1, 0.15) is 0 Å². The monoisotopic (exact) mass is 114 g/mol. The van der Waals surface area contributed by atoms with Gasteiger partial charge in [0.05, 0.1) is 11.9 Å². The Morgan fingerprint density at radius 1 is 1.12 bits per heavy atom. The van der Waals surface area contributed by atoms with Gasteiger partial charge in [0.15, 0.2) is 0 Å². The predicted octanol–water partition coefficient (Wildman–Crippen LogP) is -2.96. The van der Waals surface area contributed by atoms with Crippen molar-refractivity contribution in [1.82, 2.24) is 0 Å². The molecule has 0 saturated heterocycles. The second kappa shape index (κ2) is 2.11. The summed E-state index contributed by atoms with van der Waals surface area (Å²) in [5.74, 6) is -3.63. The highest BCUT2D eigenvalue weighted by Crippen LogP contribution is 1.80. The summed E-state index contributed by atoms with van der Waals surface area (Å²) in [6.45, 7) is 2.63. The second-order valence-corrected chi connectivity index (χ2v) is 1.05. The van der Waals surface area contributed by atoms with E-state index >= 15 is 0 Å². The number of aliphatic carboxylic acids is 2. The van der Waals surface area contributed by atoms with Gasteiger partial charge in [-0.2, -0.15) is 0 Å². The van der Waals surface area contributed by atoms with E-state index in [9.17, 15) is 19.8 Å². The lowest BCUT2D eigenvalue weighted by molar-refractivity contribution is -0.311. The van der Waals surface area contributed by atoms with E-state index in [1.54, 1.807) is 0 Å². The highest BCUT2D eigenvalue weighted by Gasteiger charge is 1.91. The van der Waals surface area contributed by atoms with Gasteiger partial charge in [-0.15, -0.1) is 0 Å². The largest absolute Gasteiger partial charge is 0.545 e. The van der Waals surface area contributed by atoms with Crippen LogP contribution in [0.3, 0.4) is 0 Å². The van der Waals surface area contributed by atoms with Crippen molar-refractivity contribution in [2.45, 2.75) is 0 Å². The van der Waals surface area contributed by atoms with Crippen LogP contribution in [0.1, 0.15) is 0 Å². The normalized spacial score (nSPS) is 8.00. The predicted molar refractivity (Wildman–Crippen MR) is 19.2 cm³/mol. The number of carbonyl (C=O) groups excluding carboxylic acids is 2. The number of hydrogen-bond acceptors (Lipinski definition) is 4. The van der Waals surface area contributed by atoms with E-state index in [2.05, 4.69) is 6.58 Å². The van der Waals surface area contributed by atoms with Crippen LogP contribution in [0.25, 0.3) is 0 Å². The van der Waals surface area contributed by atoms with Crippen molar-refractivity contribution in [1.29, 1.82) is 0 Å². The maximum Gasteiger partial charge on any atom is 0.0727 e. The van der Waals surface area contributed by atoms with E-state index in [4.69, 9.17) is 0 Å². The highest BCUT2D eigenvalue weighted by molar-refractivity contribution is 6.09. The first-order valence-corrected chi connectivity index (χ1v) is 1.67. The zero-order valence-electron chi connectivity index (χ0n) is 3.84. The quantitative estimate of drug-likeness (QED) is 0.218. The van der Waals surface area contributed by atoms with Gasteiger partial charge in [0.25, 0.3) is 0 Å². The van der Waals surface area contributed by atoms with E-state index in [0.29, 0.717) is 0 Å². The Balaban J connectivity index is 4.05. The fraction of sp³-hybridized carbons (Fsp3) is 0. The summed E-state index contributed by atoms with van der Waals surface area (Å²) in [5.41, 5.74) is -1.04. The molecule has 0 N–H and O–H groups in total. The molecule has 4 nitrogen and oxygen atoms in total. The van der Waals surface area contributed by atoms with Gasteiger partial charge in [0, 0.05) is 5.57 Å². The minimum Gasteiger partial charge on any atom is -0.545 e. The molecule has 0 aromatic heterocycles.